The lowest BCUT2D eigenvalue weighted by molar-refractivity contribution is 0.415. The van der Waals surface area contributed by atoms with Crippen molar-refractivity contribution in [2.45, 2.75) is 6.42 Å². The first-order chi connectivity index (χ1) is 13.2. The van der Waals surface area contributed by atoms with Crippen LogP contribution < -0.4 is 9.47 Å². The maximum absolute atomic E-state index is 5.30. The van der Waals surface area contributed by atoms with E-state index in [1.165, 1.54) is 0 Å². The van der Waals surface area contributed by atoms with Crippen LogP contribution >= 0.6 is 22.7 Å². The van der Waals surface area contributed by atoms with E-state index >= 15 is 0 Å². The Morgan fingerprint density at radius 1 is 0.741 bits per heavy atom. The third kappa shape index (κ3) is 4.02. The van der Waals surface area contributed by atoms with Crippen LogP contribution in [-0.2, 0) is 6.42 Å². The molecule has 4 aromatic rings. The quantitative estimate of drug-likeness (QED) is 0.431. The molecule has 0 N–H and O–H groups in total. The molecule has 0 unspecified atom stereocenters. The standard InChI is InChI=1S/C21H18N2O2S2/c1-24-16-8-6-14(7-9-16)18-12-26-20(22-18)11-21-23-19(13-27-21)15-4-3-5-17(10-15)25-2/h3-10,12-13H,11H2,1-2H3. The zero-order valence-corrected chi connectivity index (χ0v) is 16.6. The van der Waals surface area contributed by atoms with Gasteiger partial charge in [-0.2, -0.15) is 0 Å². The highest BCUT2D eigenvalue weighted by Crippen LogP contribution is 2.28. The lowest BCUT2D eigenvalue weighted by atomic mass is 10.1. The van der Waals surface area contributed by atoms with E-state index in [4.69, 9.17) is 19.4 Å². The van der Waals surface area contributed by atoms with Crippen LogP contribution in [0, 0.1) is 0 Å². The lowest BCUT2D eigenvalue weighted by Gasteiger charge is -2.01. The van der Waals surface area contributed by atoms with E-state index in [0.717, 1.165) is 50.4 Å². The summed E-state index contributed by atoms with van der Waals surface area (Å²) in [7, 11) is 3.35. The highest BCUT2D eigenvalue weighted by Gasteiger charge is 2.10. The van der Waals surface area contributed by atoms with Crippen molar-refractivity contribution in [3.63, 3.8) is 0 Å². The number of nitrogens with zero attached hydrogens (tertiary/aromatic N) is 2. The van der Waals surface area contributed by atoms with Gasteiger partial charge in [-0.3, -0.25) is 0 Å². The van der Waals surface area contributed by atoms with E-state index in [2.05, 4.69) is 10.8 Å². The number of benzene rings is 2. The van der Waals surface area contributed by atoms with Crippen LogP contribution in [0.5, 0.6) is 11.5 Å². The van der Waals surface area contributed by atoms with Gasteiger partial charge in [0.15, 0.2) is 0 Å². The summed E-state index contributed by atoms with van der Waals surface area (Å²) in [5.41, 5.74) is 4.12. The van der Waals surface area contributed by atoms with Crippen molar-refractivity contribution < 1.29 is 9.47 Å². The Kier molecular flexibility index (Phi) is 5.18. The molecule has 0 saturated heterocycles. The van der Waals surface area contributed by atoms with Gasteiger partial charge in [0.2, 0.25) is 0 Å². The largest absolute Gasteiger partial charge is 0.497 e. The zero-order chi connectivity index (χ0) is 18.6. The van der Waals surface area contributed by atoms with Crippen molar-refractivity contribution in [1.29, 1.82) is 0 Å². The summed E-state index contributed by atoms with van der Waals surface area (Å²) in [6, 6.07) is 15.9. The Morgan fingerprint density at radius 2 is 1.37 bits per heavy atom. The van der Waals surface area contributed by atoms with E-state index < -0.39 is 0 Å². The molecule has 0 fully saturated rings. The van der Waals surface area contributed by atoms with Crippen molar-refractivity contribution in [3.05, 3.63) is 69.3 Å². The first kappa shape index (κ1) is 17.7. The maximum atomic E-state index is 5.30. The van der Waals surface area contributed by atoms with E-state index in [-0.39, 0.29) is 0 Å². The minimum atomic E-state index is 0.745. The molecule has 2 aromatic heterocycles. The van der Waals surface area contributed by atoms with Gasteiger partial charge in [-0.05, 0) is 36.4 Å². The topological polar surface area (TPSA) is 44.2 Å². The number of methoxy groups -OCH3 is 2. The van der Waals surface area contributed by atoms with Crippen LogP contribution in [0.3, 0.4) is 0 Å². The minimum Gasteiger partial charge on any atom is -0.497 e. The monoisotopic (exact) mass is 394 g/mol. The Labute approximate surface area is 166 Å². The van der Waals surface area contributed by atoms with E-state index in [1.54, 1.807) is 36.9 Å². The van der Waals surface area contributed by atoms with Crippen LogP contribution in [0.2, 0.25) is 0 Å². The number of thiazole rings is 2. The van der Waals surface area contributed by atoms with Crippen molar-refractivity contribution in [1.82, 2.24) is 9.97 Å². The first-order valence-electron chi connectivity index (χ1n) is 8.43. The van der Waals surface area contributed by atoms with Crippen LogP contribution in [-0.4, -0.2) is 24.2 Å². The summed E-state index contributed by atoms with van der Waals surface area (Å²) in [6.45, 7) is 0. The summed E-state index contributed by atoms with van der Waals surface area (Å²) < 4.78 is 10.5. The summed E-state index contributed by atoms with van der Waals surface area (Å²) in [6.07, 6.45) is 0.745. The fourth-order valence-electron chi connectivity index (χ4n) is 2.72. The Hall–Kier alpha value is -2.70. The number of hydrogen-bond donors (Lipinski definition) is 0. The van der Waals surface area contributed by atoms with Gasteiger partial charge in [-0.25, -0.2) is 9.97 Å². The normalized spacial score (nSPS) is 10.7. The molecule has 0 aliphatic heterocycles. The first-order valence-corrected chi connectivity index (χ1v) is 10.2. The molecule has 0 aliphatic carbocycles. The number of aromatic nitrogens is 2. The highest BCUT2D eigenvalue weighted by molar-refractivity contribution is 7.11. The Bertz CT molecular complexity index is 1040. The second-order valence-electron chi connectivity index (χ2n) is 5.89. The maximum Gasteiger partial charge on any atom is 0.119 e. The summed E-state index contributed by atoms with van der Waals surface area (Å²) in [5.74, 6) is 1.69. The predicted molar refractivity (Wildman–Crippen MR) is 111 cm³/mol. The van der Waals surface area contributed by atoms with Gasteiger partial charge in [0.1, 0.15) is 21.5 Å². The van der Waals surface area contributed by atoms with E-state index in [9.17, 15) is 0 Å². The molecule has 0 aliphatic rings. The molecule has 0 saturated carbocycles. The van der Waals surface area contributed by atoms with Gasteiger partial charge in [0, 0.05) is 21.9 Å². The Morgan fingerprint density at radius 3 is 2.00 bits per heavy atom. The highest BCUT2D eigenvalue weighted by atomic mass is 32.1. The molecule has 0 spiro atoms. The summed E-state index contributed by atoms with van der Waals surface area (Å²) in [4.78, 5) is 9.53. The number of rotatable bonds is 6. The number of hydrogen-bond acceptors (Lipinski definition) is 6. The molecule has 136 valence electrons. The smallest absolute Gasteiger partial charge is 0.119 e. The molecule has 2 aromatic carbocycles. The van der Waals surface area contributed by atoms with Gasteiger partial charge in [0.25, 0.3) is 0 Å². The average molecular weight is 395 g/mol. The van der Waals surface area contributed by atoms with Crippen molar-refractivity contribution in [2.24, 2.45) is 0 Å². The van der Waals surface area contributed by atoms with Crippen molar-refractivity contribution >= 4 is 22.7 Å². The third-order valence-corrected chi connectivity index (χ3v) is 5.85. The van der Waals surface area contributed by atoms with E-state index in [1.807, 2.05) is 48.5 Å². The van der Waals surface area contributed by atoms with Gasteiger partial charge < -0.3 is 9.47 Å². The molecule has 0 bridgehead atoms. The molecule has 4 rings (SSSR count). The molecule has 2 heterocycles. The van der Waals surface area contributed by atoms with Gasteiger partial charge >= 0.3 is 0 Å². The summed E-state index contributed by atoms with van der Waals surface area (Å²) >= 11 is 3.33. The fourth-order valence-corrected chi connectivity index (χ4v) is 4.43. The van der Waals surface area contributed by atoms with Crippen LogP contribution in [0.4, 0.5) is 0 Å². The molecule has 27 heavy (non-hydrogen) atoms. The molecular formula is C21H18N2O2S2. The fraction of sp³-hybridized carbons (Fsp3) is 0.143. The van der Waals surface area contributed by atoms with Gasteiger partial charge in [0.05, 0.1) is 32.0 Å². The Balaban J connectivity index is 1.50. The molecule has 0 radical (unpaired) electrons. The molecule has 6 heteroatoms. The van der Waals surface area contributed by atoms with Crippen molar-refractivity contribution in [2.75, 3.05) is 14.2 Å². The molecular weight excluding hydrogens is 376 g/mol. The third-order valence-electron chi connectivity index (χ3n) is 4.16. The van der Waals surface area contributed by atoms with Crippen molar-refractivity contribution in [3.8, 4) is 34.0 Å². The average Bonchev–Trinajstić information content (AvgIpc) is 3.38. The number of ether oxygens (including phenoxy) is 2. The zero-order valence-electron chi connectivity index (χ0n) is 15.0. The lowest BCUT2D eigenvalue weighted by Crippen LogP contribution is -1.88. The predicted octanol–water partition coefficient (Wildman–Crippen LogP) is 5.54. The van der Waals surface area contributed by atoms with Gasteiger partial charge in [-0.1, -0.05) is 12.1 Å². The summed E-state index contributed by atoms with van der Waals surface area (Å²) in [5, 5.41) is 6.30. The molecule has 0 atom stereocenters. The second kappa shape index (κ2) is 7.90. The van der Waals surface area contributed by atoms with Gasteiger partial charge in [-0.15, -0.1) is 22.7 Å². The van der Waals surface area contributed by atoms with E-state index in [0.29, 0.717) is 0 Å². The molecule has 0 amide bonds. The van der Waals surface area contributed by atoms with Crippen LogP contribution in [0.25, 0.3) is 22.5 Å². The van der Waals surface area contributed by atoms with Crippen LogP contribution in [0.15, 0.2) is 59.3 Å². The van der Waals surface area contributed by atoms with Crippen LogP contribution in [0.1, 0.15) is 10.0 Å². The SMILES string of the molecule is COc1ccc(-c2csc(Cc3nc(-c4cccc(OC)c4)cs3)n2)cc1. The minimum absolute atomic E-state index is 0.745. The molecule has 4 nitrogen and oxygen atoms in total. The second-order valence-corrected chi connectivity index (χ2v) is 7.78.